The summed E-state index contributed by atoms with van der Waals surface area (Å²) in [6.07, 6.45) is 0.872. The molecule has 0 aliphatic heterocycles. The Hall–Kier alpha value is -3.27. The Kier molecular flexibility index (Phi) is 10.2. The molecule has 0 spiro atoms. The molecule has 0 saturated heterocycles. The maximum absolute atomic E-state index is 5.54. The van der Waals surface area contributed by atoms with Gasteiger partial charge >= 0.3 is 0 Å². The van der Waals surface area contributed by atoms with Crippen molar-refractivity contribution in [2.45, 2.75) is 6.42 Å². The van der Waals surface area contributed by atoms with Gasteiger partial charge in [-0.2, -0.15) is 15.0 Å². The van der Waals surface area contributed by atoms with Crippen molar-refractivity contribution in [1.82, 2.24) is 15.0 Å². The highest BCUT2D eigenvalue weighted by molar-refractivity contribution is 5.55. The van der Waals surface area contributed by atoms with Crippen LogP contribution < -0.4 is 21.7 Å². The molecule has 3 rings (SSSR count). The maximum Gasteiger partial charge on any atom is 0.233 e. The highest BCUT2D eigenvalue weighted by atomic mass is 16.5. The summed E-state index contributed by atoms with van der Waals surface area (Å²) in [7, 11) is 0. The summed E-state index contributed by atoms with van der Waals surface area (Å²) in [5, 5.41) is 9.71. The molecule has 9 heteroatoms. The maximum atomic E-state index is 5.54. The van der Waals surface area contributed by atoms with Crippen molar-refractivity contribution in [3.8, 4) is 0 Å². The number of nitrogens with two attached hydrogens (primary N) is 1. The Morgan fingerprint density at radius 1 is 0.656 bits per heavy atom. The van der Waals surface area contributed by atoms with Crippen molar-refractivity contribution in [2.24, 2.45) is 5.73 Å². The van der Waals surface area contributed by atoms with Crippen molar-refractivity contribution in [3.05, 3.63) is 66.2 Å². The zero-order chi connectivity index (χ0) is 22.3. The lowest BCUT2D eigenvalue weighted by atomic mass is 10.1. The molecule has 9 nitrogen and oxygen atoms in total. The fourth-order valence-electron chi connectivity index (χ4n) is 2.84. The highest BCUT2D eigenvalue weighted by Gasteiger charge is 2.07. The number of nitrogens with one attached hydrogen (secondary N) is 3. The van der Waals surface area contributed by atoms with Crippen molar-refractivity contribution >= 4 is 23.5 Å². The van der Waals surface area contributed by atoms with E-state index in [1.165, 1.54) is 5.56 Å². The molecular formula is C23H31N7O2. The van der Waals surface area contributed by atoms with Gasteiger partial charge in [-0.15, -0.1) is 0 Å². The fourth-order valence-corrected chi connectivity index (χ4v) is 2.84. The summed E-state index contributed by atoms with van der Waals surface area (Å²) in [5.41, 5.74) is 7.54. The van der Waals surface area contributed by atoms with E-state index in [-0.39, 0.29) is 0 Å². The number of benzene rings is 2. The predicted octanol–water partition coefficient (Wildman–Crippen LogP) is 2.67. The van der Waals surface area contributed by atoms with Crippen molar-refractivity contribution in [3.63, 3.8) is 0 Å². The summed E-state index contributed by atoms with van der Waals surface area (Å²) in [6.45, 7) is 3.90. The predicted molar refractivity (Wildman–Crippen MR) is 127 cm³/mol. The van der Waals surface area contributed by atoms with Gasteiger partial charge in [0.05, 0.1) is 26.4 Å². The standard InChI is InChI=1S/C23H31N7O2/c24-12-15-31-17-18-32-16-14-26-22-28-21(25-13-11-19-7-3-1-4-8-19)29-23(30-22)27-20-9-5-2-6-10-20/h1-10H,11-18,24H2,(H3,25,26,27,28,29,30). The van der Waals surface area contributed by atoms with Crippen LogP contribution >= 0.6 is 0 Å². The van der Waals surface area contributed by atoms with Crippen LogP contribution in [0.2, 0.25) is 0 Å². The minimum atomic E-state index is 0.465. The average molecular weight is 438 g/mol. The number of ether oxygens (including phenoxy) is 2. The molecule has 0 bridgehead atoms. The van der Waals surface area contributed by atoms with Gasteiger partial charge in [-0.1, -0.05) is 48.5 Å². The van der Waals surface area contributed by atoms with Gasteiger partial charge in [-0.3, -0.25) is 0 Å². The third-order valence-corrected chi connectivity index (χ3v) is 4.37. The first-order valence-electron chi connectivity index (χ1n) is 10.8. The molecule has 3 aromatic rings. The zero-order valence-electron chi connectivity index (χ0n) is 18.2. The van der Waals surface area contributed by atoms with E-state index < -0.39 is 0 Å². The minimum Gasteiger partial charge on any atom is -0.378 e. The lowest BCUT2D eigenvalue weighted by Crippen LogP contribution is -2.17. The molecule has 0 radical (unpaired) electrons. The lowest BCUT2D eigenvalue weighted by Gasteiger charge is -2.12. The van der Waals surface area contributed by atoms with Crippen LogP contribution in [0.15, 0.2) is 60.7 Å². The Morgan fingerprint density at radius 2 is 1.25 bits per heavy atom. The average Bonchev–Trinajstić information content (AvgIpc) is 2.82. The third-order valence-electron chi connectivity index (χ3n) is 4.37. The molecule has 0 amide bonds. The Labute approximate surface area is 188 Å². The van der Waals surface area contributed by atoms with E-state index in [9.17, 15) is 0 Å². The molecule has 170 valence electrons. The highest BCUT2D eigenvalue weighted by Crippen LogP contribution is 2.15. The van der Waals surface area contributed by atoms with Crippen LogP contribution in [-0.2, 0) is 15.9 Å². The van der Waals surface area contributed by atoms with Gasteiger partial charge in [-0.25, -0.2) is 0 Å². The smallest absolute Gasteiger partial charge is 0.233 e. The van der Waals surface area contributed by atoms with E-state index in [0.29, 0.717) is 63.9 Å². The summed E-state index contributed by atoms with van der Waals surface area (Å²) in [6, 6.07) is 20.1. The summed E-state index contributed by atoms with van der Waals surface area (Å²) in [5.74, 6) is 1.45. The van der Waals surface area contributed by atoms with Crippen LogP contribution in [0.4, 0.5) is 23.5 Å². The molecule has 0 unspecified atom stereocenters. The summed E-state index contributed by atoms with van der Waals surface area (Å²) < 4.78 is 10.8. The van der Waals surface area contributed by atoms with Crippen LogP contribution in [-0.4, -0.2) is 61.0 Å². The minimum absolute atomic E-state index is 0.465. The summed E-state index contributed by atoms with van der Waals surface area (Å²) in [4.78, 5) is 13.5. The second-order valence-corrected chi connectivity index (χ2v) is 6.90. The SMILES string of the molecule is NCCOCCOCCNc1nc(NCCc2ccccc2)nc(Nc2ccccc2)n1. The number of hydrogen-bond acceptors (Lipinski definition) is 9. The quantitative estimate of drug-likeness (QED) is 0.266. The van der Waals surface area contributed by atoms with Gasteiger partial charge < -0.3 is 31.2 Å². The second-order valence-electron chi connectivity index (χ2n) is 6.90. The molecule has 2 aromatic carbocycles. The van der Waals surface area contributed by atoms with Gasteiger partial charge in [0.25, 0.3) is 0 Å². The van der Waals surface area contributed by atoms with Crippen LogP contribution in [0.5, 0.6) is 0 Å². The van der Waals surface area contributed by atoms with Crippen LogP contribution in [0.1, 0.15) is 5.56 Å². The molecule has 5 N–H and O–H groups in total. The van der Waals surface area contributed by atoms with Gasteiger partial charge in [0, 0.05) is 25.3 Å². The third kappa shape index (κ3) is 8.84. The number of anilines is 4. The van der Waals surface area contributed by atoms with Gasteiger partial charge in [0.1, 0.15) is 0 Å². The molecule has 1 aromatic heterocycles. The number of nitrogens with zero attached hydrogens (tertiary/aromatic N) is 3. The van der Waals surface area contributed by atoms with E-state index >= 15 is 0 Å². The largest absolute Gasteiger partial charge is 0.378 e. The van der Waals surface area contributed by atoms with Crippen LogP contribution in [0.25, 0.3) is 0 Å². The molecule has 0 atom stereocenters. The van der Waals surface area contributed by atoms with Crippen LogP contribution in [0.3, 0.4) is 0 Å². The van der Waals surface area contributed by atoms with Gasteiger partial charge in [-0.05, 0) is 24.1 Å². The van der Waals surface area contributed by atoms with Crippen molar-refractivity contribution in [1.29, 1.82) is 0 Å². The van der Waals surface area contributed by atoms with E-state index in [1.807, 2.05) is 48.5 Å². The fraction of sp³-hybridized carbons (Fsp3) is 0.348. The van der Waals surface area contributed by atoms with E-state index in [0.717, 1.165) is 12.1 Å². The zero-order valence-corrected chi connectivity index (χ0v) is 18.2. The first-order valence-corrected chi connectivity index (χ1v) is 10.8. The lowest BCUT2D eigenvalue weighted by molar-refractivity contribution is 0.0547. The Bertz CT molecular complexity index is 897. The number of hydrogen-bond donors (Lipinski definition) is 4. The molecule has 0 aliphatic carbocycles. The molecular weight excluding hydrogens is 406 g/mol. The summed E-state index contributed by atoms with van der Waals surface area (Å²) >= 11 is 0. The first-order chi connectivity index (χ1) is 15.8. The normalized spacial score (nSPS) is 10.7. The van der Waals surface area contributed by atoms with Crippen LogP contribution in [0, 0.1) is 0 Å². The number of para-hydroxylation sites is 1. The van der Waals surface area contributed by atoms with E-state index in [1.54, 1.807) is 0 Å². The molecule has 0 aliphatic rings. The molecule has 0 saturated carbocycles. The number of aromatic nitrogens is 3. The number of rotatable bonds is 15. The van der Waals surface area contributed by atoms with Gasteiger partial charge in [0.2, 0.25) is 17.8 Å². The van der Waals surface area contributed by atoms with Crippen molar-refractivity contribution in [2.75, 3.05) is 62.0 Å². The van der Waals surface area contributed by atoms with Gasteiger partial charge in [0.15, 0.2) is 0 Å². The Balaban J connectivity index is 1.54. The monoisotopic (exact) mass is 437 g/mol. The molecule has 1 heterocycles. The van der Waals surface area contributed by atoms with Crippen molar-refractivity contribution < 1.29 is 9.47 Å². The second kappa shape index (κ2) is 13.9. The van der Waals surface area contributed by atoms with E-state index in [4.69, 9.17) is 15.2 Å². The molecule has 0 fully saturated rings. The van der Waals surface area contributed by atoms with E-state index in [2.05, 4.69) is 43.0 Å². The first kappa shape index (κ1) is 23.4. The molecule has 32 heavy (non-hydrogen) atoms. The topological polar surface area (TPSA) is 119 Å². The Morgan fingerprint density at radius 3 is 1.94 bits per heavy atom.